The topological polar surface area (TPSA) is 75.4 Å². The van der Waals surface area contributed by atoms with E-state index in [1.165, 1.54) is 6.07 Å². The molecule has 0 bridgehead atoms. The molecule has 0 spiro atoms. The fourth-order valence-corrected chi connectivity index (χ4v) is 2.23. The van der Waals surface area contributed by atoms with Crippen molar-refractivity contribution in [2.45, 2.75) is 6.04 Å². The monoisotopic (exact) mass is 338 g/mol. The molecule has 20 heavy (non-hydrogen) atoms. The lowest BCUT2D eigenvalue weighted by molar-refractivity contribution is -0.118. The van der Waals surface area contributed by atoms with Gasteiger partial charge >= 0.3 is 0 Å². The first kappa shape index (κ1) is 14.3. The van der Waals surface area contributed by atoms with Gasteiger partial charge in [0.2, 0.25) is 5.91 Å². The molecule has 4 nitrogen and oxygen atoms in total. The first-order valence-corrected chi connectivity index (χ1v) is 6.56. The Morgan fingerprint density at radius 2 is 2.05 bits per heavy atom. The molecule has 0 aliphatic carbocycles. The van der Waals surface area contributed by atoms with Gasteiger partial charge in [-0.1, -0.05) is 22.0 Å². The molecule has 0 aromatic heterocycles. The van der Waals surface area contributed by atoms with E-state index < -0.39 is 17.8 Å². The first-order valence-electron chi connectivity index (χ1n) is 5.76. The highest BCUT2D eigenvalue weighted by Gasteiger charge is 2.19. The van der Waals surface area contributed by atoms with E-state index >= 15 is 0 Å². The Morgan fingerprint density at radius 3 is 2.65 bits per heavy atom. The fraction of sp³-hybridized carbons (Fsp3) is 0.0714. The molecule has 0 radical (unpaired) electrons. The number of amides is 1. The van der Waals surface area contributed by atoms with Crippen molar-refractivity contribution in [3.05, 3.63) is 58.3 Å². The molecule has 104 valence electrons. The summed E-state index contributed by atoms with van der Waals surface area (Å²) in [5, 5.41) is 12.3. The normalized spacial score (nSPS) is 11.9. The van der Waals surface area contributed by atoms with Crippen LogP contribution in [0.2, 0.25) is 0 Å². The molecule has 1 atom stereocenters. The number of hydrogen-bond donors (Lipinski definition) is 3. The lowest BCUT2D eigenvalue weighted by Crippen LogP contribution is -2.27. The van der Waals surface area contributed by atoms with Crippen LogP contribution in [0.5, 0.6) is 5.75 Å². The predicted octanol–water partition coefficient (Wildman–Crippen LogP) is 2.93. The van der Waals surface area contributed by atoms with Crippen molar-refractivity contribution in [2.75, 3.05) is 5.32 Å². The summed E-state index contributed by atoms with van der Waals surface area (Å²) >= 11 is 3.31. The average molecular weight is 339 g/mol. The number of nitrogens with two attached hydrogens (primary N) is 1. The molecule has 2 aromatic rings. The van der Waals surface area contributed by atoms with Gasteiger partial charge in [0.05, 0.1) is 0 Å². The van der Waals surface area contributed by atoms with Crippen molar-refractivity contribution in [2.24, 2.45) is 5.73 Å². The van der Waals surface area contributed by atoms with Gasteiger partial charge in [0.1, 0.15) is 17.6 Å². The van der Waals surface area contributed by atoms with Crippen molar-refractivity contribution in [3.63, 3.8) is 0 Å². The number of halogens is 2. The van der Waals surface area contributed by atoms with Gasteiger partial charge in [-0.15, -0.1) is 0 Å². The maximum atomic E-state index is 13.3. The van der Waals surface area contributed by atoms with E-state index in [1.807, 2.05) is 6.07 Å². The van der Waals surface area contributed by atoms with Crippen LogP contribution in [-0.4, -0.2) is 11.0 Å². The molecule has 4 N–H and O–H groups in total. The molecule has 0 fully saturated rings. The third-order valence-electron chi connectivity index (χ3n) is 2.66. The third-order valence-corrected chi connectivity index (χ3v) is 3.15. The Morgan fingerprint density at radius 1 is 1.30 bits per heavy atom. The average Bonchev–Trinajstić information content (AvgIpc) is 2.34. The quantitative estimate of drug-likeness (QED) is 0.802. The Bertz CT molecular complexity index is 629. The second-order valence-corrected chi connectivity index (χ2v) is 5.15. The number of anilines is 1. The minimum atomic E-state index is -0.939. The van der Waals surface area contributed by atoms with E-state index in [4.69, 9.17) is 5.73 Å². The first-order chi connectivity index (χ1) is 9.45. The van der Waals surface area contributed by atoms with Gasteiger partial charge in [-0.05, 0) is 35.9 Å². The summed E-state index contributed by atoms with van der Waals surface area (Å²) in [6, 6.07) is 9.59. The number of primary amides is 1. The molecule has 0 saturated carbocycles. The summed E-state index contributed by atoms with van der Waals surface area (Å²) in [6.07, 6.45) is 0. The molecule has 1 unspecified atom stereocenters. The number of carbonyl (C=O) groups excluding carboxylic acids is 1. The van der Waals surface area contributed by atoms with Crippen molar-refractivity contribution in [1.82, 2.24) is 0 Å². The molecule has 6 heteroatoms. The maximum absolute atomic E-state index is 13.3. The Labute approximate surface area is 123 Å². The summed E-state index contributed by atoms with van der Waals surface area (Å²) in [5.41, 5.74) is 6.24. The van der Waals surface area contributed by atoms with Crippen molar-refractivity contribution in [3.8, 4) is 5.75 Å². The zero-order chi connectivity index (χ0) is 14.7. The molecule has 0 aliphatic rings. The van der Waals surface area contributed by atoms with Gasteiger partial charge in [0.25, 0.3) is 0 Å². The molecular weight excluding hydrogens is 327 g/mol. The fourth-order valence-electron chi connectivity index (χ4n) is 1.83. The number of phenols is 1. The van der Waals surface area contributed by atoms with Crippen LogP contribution in [0, 0.1) is 5.82 Å². The lowest BCUT2D eigenvalue weighted by Gasteiger charge is -2.17. The minimum Gasteiger partial charge on any atom is -0.508 e. The summed E-state index contributed by atoms with van der Waals surface area (Å²) in [6.45, 7) is 0. The Balaban J connectivity index is 2.34. The second-order valence-electron chi connectivity index (χ2n) is 4.23. The van der Waals surface area contributed by atoms with E-state index in [0.29, 0.717) is 5.69 Å². The van der Waals surface area contributed by atoms with Crippen molar-refractivity contribution >= 4 is 27.5 Å². The van der Waals surface area contributed by atoms with E-state index in [-0.39, 0.29) is 11.3 Å². The van der Waals surface area contributed by atoms with E-state index in [0.717, 1.165) is 16.6 Å². The van der Waals surface area contributed by atoms with E-state index in [1.54, 1.807) is 18.2 Å². The van der Waals surface area contributed by atoms with Crippen LogP contribution in [0.4, 0.5) is 10.1 Å². The maximum Gasteiger partial charge on any atom is 0.244 e. The van der Waals surface area contributed by atoms with Crippen LogP contribution in [0.3, 0.4) is 0 Å². The molecule has 0 heterocycles. The van der Waals surface area contributed by atoms with Crippen LogP contribution in [-0.2, 0) is 4.79 Å². The van der Waals surface area contributed by atoms with Gasteiger partial charge in [0, 0.05) is 16.2 Å². The SMILES string of the molecule is NC(=O)C(Nc1cccc(Br)c1)c1cc(O)cc(F)c1. The Hall–Kier alpha value is -2.08. The Kier molecular flexibility index (Phi) is 4.24. The van der Waals surface area contributed by atoms with Crippen LogP contribution >= 0.6 is 15.9 Å². The number of benzene rings is 2. The second kappa shape index (κ2) is 5.92. The number of nitrogens with one attached hydrogen (secondary N) is 1. The zero-order valence-electron chi connectivity index (χ0n) is 10.3. The third kappa shape index (κ3) is 3.48. The van der Waals surface area contributed by atoms with Gasteiger partial charge < -0.3 is 16.2 Å². The predicted molar refractivity (Wildman–Crippen MR) is 77.8 cm³/mol. The van der Waals surface area contributed by atoms with Crippen LogP contribution in [0.25, 0.3) is 0 Å². The standard InChI is InChI=1S/C14H12BrFN2O2/c15-9-2-1-3-11(6-9)18-13(14(17)20)8-4-10(16)7-12(19)5-8/h1-7,13,18-19H,(H2,17,20). The molecular formula is C14H12BrFN2O2. The van der Waals surface area contributed by atoms with E-state index in [2.05, 4.69) is 21.2 Å². The number of aromatic hydroxyl groups is 1. The lowest BCUT2D eigenvalue weighted by atomic mass is 10.1. The van der Waals surface area contributed by atoms with Crippen molar-refractivity contribution < 1.29 is 14.3 Å². The minimum absolute atomic E-state index is 0.259. The van der Waals surface area contributed by atoms with Crippen LogP contribution in [0.1, 0.15) is 11.6 Å². The number of hydrogen-bond acceptors (Lipinski definition) is 3. The summed E-state index contributed by atoms with van der Waals surface area (Å²) in [5.74, 6) is -1.57. The van der Waals surface area contributed by atoms with E-state index in [9.17, 15) is 14.3 Å². The molecule has 0 saturated heterocycles. The number of rotatable bonds is 4. The number of carbonyl (C=O) groups is 1. The highest BCUT2D eigenvalue weighted by molar-refractivity contribution is 9.10. The largest absolute Gasteiger partial charge is 0.508 e. The highest BCUT2D eigenvalue weighted by atomic mass is 79.9. The molecule has 0 aliphatic heterocycles. The summed E-state index contributed by atoms with van der Waals surface area (Å²) in [4.78, 5) is 11.6. The van der Waals surface area contributed by atoms with Gasteiger partial charge in [0.15, 0.2) is 0 Å². The van der Waals surface area contributed by atoms with Gasteiger partial charge in [-0.25, -0.2) is 4.39 Å². The molecule has 2 aromatic carbocycles. The van der Waals surface area contributed by atoms with Crippen LogP contribution in [0.15, 0.2) is 46.9 Å². The molecule has 1 amide bonds. The number of phenolic OH excluding ortho intramolecular Hbond substituents is 1. The van der Waals surface area contributed by atoms with Crippen LogP contribution < -0.4 is 11.1 Å². The smallest absolute Gasteiger partial charge is 0.244 e. The van der Waals surface area contributed by atoms with Crippen molar-refractivity contribution in [1.29, 1.82) is 0 Å². The zero-order valence-corrected chi connectivity index (χ0v) is 11.9. The van der Waals surface area contributed by atoms with Gasteiger partial charge in [-0.3, -0.25) is 4.79 Å². The summed E-state index contributed by atoms with van der Waals surface area (Å²) < 4.78 is 14.1. The molecule has 2 rings (SSSR count). The highest BCUT2D eigenvalue weighted by Crippen LogP contribution is 2.25. The van der Waals surface area contributed by atoms with Gasteiger partial charge in [-0.2, -0.15) is 0 Å². The summed E-state index contributed by atoms with van der Waals surface area (Å²) in [7, 11) is 0.